The third-order valence-corrected chi connectivity index (χ3v) is 2.16. The number of halogens is 2. The summed E-state index contributed by atoms with van der Waals surface area (Å²) in [6.07, 6.45) is 4.09. The zero-order valence-corrected chi connectivity index (χ0v) is 10.0. The van der Waals surface area contributed by atoms with E-state index >= 15 is 0 Å². The molecule has 1 aliphatic heterocycles. The lowest BCUT2D eigenvalue weighted by molar-refractivity contribution is -0.777. The summed E-state index contributed by atoms with van der Waals surface area (Å²) in [5.74, 6) is -0.181. The van der Waals surface area contributed by atoms with E-state index in [0.29, 0.717) is 0 Å². The van der Waals surface area contributed by atoms with E-state index in [4.69, 9.17) is 0 Å². The summed E-state index contributed by atoms with van der Waals surface area (Å²) in [6.45, 7) is 0.908. The van der Waals surface area contributed by atoms with E-state index in [1.165, 1.54) is 17.0 Å². The first kappa shape index (κ1) is 11.5. The lowest BCUT2D eigenvalue weighted by Gasteiger charge is -2.11. The van der Waals surface area contributed by atoms with Gasteiger partial charge in [0, 0.05) is 19.2 Å². The van der Waals surface area contributed by atoms with Crippen molar-refractivity contribution < 1.29 is 33.3 Å². The Morgan fingerprint density at radius 1 is 1.29 bits per heavy atom. The minimum atomic E-state index is -0.181. The third kappa shape index (κ3) is 2.45. The molecular formula is C10H12FIN2. The maximum absolute atomic E-state index is 12.6. The average Bonchev–Trinajstić information content (AvgIpc) is 2.53. The highest BCUT2D eigenvalue weighted by Crippen LogP contribution is 2.04. The van der Waals surface area contributed by atoms with Crippen molar-refractivity contribution >= 4 is 5.69 Å². The number of nitrogens with one attached hydrogen (secondary N) is 1. The van der Waals surface area contributed by atoms with Crippen LogP contribution in [0.4, 0.5) is 10.1 Å². The second-order valence-electron chi connectivity index (χ2n) is 3.26. The van der Waals surface area contributed by atoms with Gasteiger partial charge in [0.05, 0.1) is 6.20 Å². The largest absolute Gasteiger partial charge is 1.00 e. The summed E-state index contributed by atoms with van der Waals surface area (Å²) in [6, 6.07) is 6.62. The highest BCUT2D eigenvalue weighted by atomic mass is 127. The van der Waals surface area contributed by atoms with Crippen LogP contribution in [0.5, 0.6) is 0 Å². The Kier molecular flexibility index (Phi) is 3.88. The lowest BCUT2D eigenvalue weighted by atomic mass is 10.3. The first-order valence-electron chi connectivity index (χ1n) is 4.26. The molecular weight excluding hydrogens is 294 g/mol. The van der Waals surface area contributed by atoms with Gasteiger partial charge in [0.1, 0.15) is 17.7 Å². The minimum Gasteiger partial charge on any atom is -1.00 e. The summed E-state index contributed by atoms with van der Waals surface area (Å²) in [5.41, 5.74) is 1.10. The van der Waals surface area contributed by atoms with Crippen LogP contribution in [0.2, 0.25) is 0 Å². The number of nitrogens with zero attached hydrogens (tertiary/aromatic N) is 1. The molecule has 0 bridgehead atoms. The molecule has 1 atom stereocenters. The molecule has 76 valence electrons. The summed E-state index contributed by atoms with van der Waals surface area (Å²) >= 11 is 0. The van der Waals surface area contributed by atoms with Crippen LogP contribution >= 0.6 is 0 Å². The Hall–Kier alpha value is -0.620. The van der Waals surface area contributed by atoms with Gasteiger partial charge in [0.15, 0.2) is 6.67 Å². The molecule has 0 aliphatic carbocycles. The SMILES string of the molecule is CN1C=C[NH+](c2ccc(F)cc2)C1.[I-]. The Morgan fingerprint density at radius 2 is 1.93 bits per heavy atom. The van der Waals surface area contributed by atoms with Crippen LogP contribution < -0.4 is 28.9 Å². The van der Waals surface area contributed by atoms with Crippen LogP contribution in [0, 0.1) is 5.82 Å². The van der Waals surface area contributed by atoms with Crippen molar-refractivity contribution in [2.45, 2.75) is 0 Å². The highest BCUT2D eigenvalue weighted by molar-refractivity contribution is 5.29. The monoisotopic (exact) mass is 306 g/mol. The fraction of sp³-hybridized carbons (Fsp3) is 0.200. The van der Waals surface area contributed by atoms with Gasteiger partial charge in [-0.2, -0.15) is 0 Å². The van der Waals surface area contributed by atoms with Crippen LogP contribution in [0.25, 0.3) is 0 Å². The smallest absolute Gasteiger partial charge is 0.161 e. The van der Waals surface area contributed by atoms with Gasteiger partial charge in [-0.15, -0.1) is 0 Å². The molecule has 2 rings (SSSR count). The number of rotatable bonds is 1. The Labute approximate surface area is 100 Å². The molecule has 1 heterocycles. The maximum atomic E-state index is 12.6. The molecule has 14 heavy (non-hydrogen) atoms. The van der Waals surface area contributed by atoms with Crippen LogP contribution in [-0.4, -0.2) is 18.6 Å². The van der Waals surface area contributed by atoms with Crippen molar-refractivity contribution in [2.24, 2.45) is 0 Å². The predicted molar refractivity (Wildman–Crippen MR) is 48.8 cm³/mol. The fourth-order valence-electron chi connectivity index (χ4n) is 1.44. The van der Waals surface area contributed by atoms with Crippen molar-refractivity contribution in [2.75, 3.05) is 13.7 Å². The van der Waals surface area contributed by atoms with Crippen LogP contribution in [0.15, 0.2) is 36.7 Å². The molecule has 0 amide bonds. The first-order valence-corrected chi connectivity index (χ1v) is 4.26. The molecule has 1 aromatic rings. The van der Waals surface area contributed by atoms with Gasteiger partial charge >= 0.3 is 0 Å². The van der Waals surface area contributed by atoms with Gasteiger partial charge in [-0.3, -0.25) is 4.90 Å². The van der Waals surface area contributed by atoms with E-state index in [9.17, 15) is 4.39 Å². The van der Waals surface area contributed by atoms with Gasteiger partial charge in [0.25, 0.3) is 0 Å². The molecule has 0 radical (unpaired) electrons. The van der Waals surface area contributed by atoms with Crippen molar-refractivity contribution in [1.29, 1.82) is 0 Å². The Balaban J connectivity index is 0.000000980. The second-order valence-corrected chi connectivity index (χ2v) is 3.26. The van der Waals surface area contributed by atoms with Crippen molar-refractivity contribution in [3.8, 4) is 0 Å². The standard InChI is InChI=1S/C10H11FN2.HI/c1-12-6-7-13(8-12)10-4-2-9(11)3-5-10;/h2-7H,8H2,1H3;1H. The third-order valence-electron chi connectivity index (χ3n) is 2.16. The number of hydrogen-bond donors (Lipinski definition) is 1. The van der Waals surface area contributed by atoms with Gasteiger partial charge < -0.3 is 28.9 Å². The van der Waals surface area contributed by atoms with E-state index in [1.54, 1.807) is 0 Å². The number of benzene rings is 1. The van der Waals surface area contributed by atoms with Crippen LogP contribution in [0.3, 0.4) is 0 Å². The van der Waals surface area contributed by atoms with E-state index < -0.39 is 0 Å². The molecule has 1 N–H and O–H groups in total. The molecule has 0 saturated carbocycles. The van der Waals surface area contributed by atoms with Gasteiger partial charge in [0.2, 0.25) is 0 Å². The van der Waals surface area contributed by atoms with Gasteiger partial charge in [-0.25, -0.2) is 4.39 Å². The molecule has 1 aromatic carbocycles. The molecule has 1 aliphatic rings. The summed E-state index contributed by atoms with van der Waals surface area (Å²) in [5, 5.41) is 0. The molecule has 0 spiro atoms. The summed E-state index contributed by atoms with van der Waals surface area (Å²) < 4.78 is 12.6. The van der Waals surface area contributed by atoms with E-state index in [2.05, 4.69) is 11.1 Å². The van der Waals surface area contributed by atoms with E-state index in [1.807, 2.05) is 25.4 Å². The molecule has 2 nitrogen and oxygen atoms in total. The molecule has 1 unspecified atom stereocenters. The quantitative estimate of drug-likeness (QED) is 0.575. The number of quaternary nitrogens is 1. The molecule has 4 heteroatoms. The average molecular weight is 306 g/mol. The molecule has 0 fully saturated rings. The van der Waals surface area contributed by atoms with E-state index in [0.717, 1.165) is 12.4 Å². The summed E-state index contributed by atoms with van der Waals surface area (Å²) in [7, 11) is 2.02. The normalized spacial score (nSPS) is 19.6. The number of hydrogen-bond acceptors (Lipinski definition) is 1. The minimum absolute atomic E-state index is 0. The Morgan fingerprint density at radius 3 is 2.43 bits per heavy atom. The Bertz CT molecular complexity index is 323. The van der Waals surface area contributed by atoms with Crippen LogP contribution in [-0.2, 0) is 0 Å². The first-order chi connectivity index (χ1) is 6.25. The predicted octanol–water partition coefficient (Wildman–Crippen LogP) is -2.28. The van der Waals surface area contributed by atoms with Gasteiger partial charge in [-0.1, -0.05) is 0 Å². The van der Waals surface area contributed by atoms with E-state index in [-0.39, 0.29) is 29.8 Å². The zero-order chi connectivity index (χ0) is 9.26. The lowest BCUT2D eigenvalue weighted by Crippen LogP contribution is -3.02. The maximum Gasteiger partial charge on any atom is 0.161 e. The second kappa shape index (κ2) is 4.75. The van der Waals surface area contributed by atoms with Crippen LogP contribution in [0.1, 0.15) is 0 Å². The van der Waals surface area contributed by atoms with Crippen molar-refractivity contribution in [1.82, 2.24) is 4.90 Å². The molecule has 0 saturated heterocycles. The highest BCUT2D eigenvalue weighted by Gasteiger charge is 2.15. The van der Waals surface area contributed by atoms with Crippen molar-refractivity contribution in [3.63, 3.8) is 0 Å². The van der Waals surface area contributed by atoms with Gasteiger partial charge in [-0.05, 0) is 12.1 Å². The fourth-order valence-corrected chi connectivity index (χ4v) is 1.44. The molecule has 0 aromatic heterocycles. The summed E-state index contributed by atoms with van der Waals surface area (Å²) in [4.78, 5) is 3.33. The van der Waals surface area contributed by atoms with Crippen molar-refractivity contribution in [3.05, 3.63) is 42.5 Å². The zero-order valence-electron chi connectivity index (χ0n) is 7.87. The topological polar surface area (TPSA) is 7.68 Å².